The Morgan fingerprint density at radius 3 is 2.17 bits per heavy atom. The lowest BCUT2D eigenvalue weighted by Crippen LogP contribution is -2.39. The van der Waals surface area contributed by atoms with E-state index >= 15 is 0 Å². The highest BCUT2D eigenvalue weighted by atomic mass is 32.2. The Bertz CT molecular complexity index is 997. The SMILES string of the molecule is CCS(=O)(=O)c1ccc(CC(=O)Nc2ccc(C(C)(O)C(F)(F)F)cc2C)cc1. The van der Waals surface area contributed by atoms with Crippen LogP contribution in [-0.4, -0.2) is 31.4 Å². The normalized spacial score (nSPS) is 14.3. The summed E-state index contributed by atoms with van der Waals surface area (Å²) < 4.78 is 62.5. The van der Waals surface area contributed by atoms with E-state index < -0.39 is 27.5 Å². The number of rotatable bonds is 6. The van der Waals surface area contributed by atoms with Crippen LogP contribution >= 0.6 is 0 Å². The van der Waals surface area contributed by atoms with Gasteiger partial charge in [0.15, 0.2) is 15.4 Å². The summed E-state index contributed by atoms with van der Waals surface area (Å²) in [5.74, 6) is -0.432. The molecular weight excluding hydrogens is 407 g/mol. The molecule has 0 bridgehead atoms. The third-order valence-corrected chi connectivity index (χ3v) is 6.39. The van der Waals surface area contributed by atoms with E-state index in [9.17, 15) is 31.5 Å². The van der Waals surface area contributed by atoms with Crippen LogP contribution in [0.3, 0.4) is 0 Å². The molecule has 1 amide bonds. The van der Waals surface area contributed by atoms with Crippen LogP contribution in [-0.2, 0) is 26.7 Å². The summed E-state index contributed by atoms with van der Waals surface area (Å²) in [6, 6.07) is 9.53. The van der Waals surface area contributed by atoms with E-state index in [-0.39, 0.29) is 22.6 Å². The van der Waals surface area contributed by atoms with Crippen LogP contribution in [0.4, 0.5) is 18.9 Å². The quantitative estimate of drug-likeness (QED) is 0.733. The summed E-state index contributed by atoms with van der Waals surface area (Å²) in [6.45, 7) is 3.73. The minimum atomic E-state index is -4.83. The van der Waals surface area contributed by atoms with Crippen LogP contribution in [0.25, 0.3) is 0 Å². The Hall–Kier alpha value is -2.39. The van der Waals surface area contributed by atoms with Gasteiger partial charge in [0.25, 0.3) is 0 Å². The maximum atomic E-state index is 13.0. The molecule has 9 heteroatoms. The Morgan fingerprint density at radius 2 is 1.69 bits per heavy atom. The zero-order valence-electron chi connectivity index (χ0n) is 16.2. The second-order valence-corrected chi connectivity index (χ2v) is 9.15. The van der Waals surface area contributed by atoms with Gasteiger partial charge >= 0.3 is 6.18 Å². The van der Waals surface area contributed by atoms with Gasteiger partial charge in [0.05, 0.1) is 17.1 Å². The molecule has 0 heterocycles. The van der Waals surface area contributed by atoms with Gasteiger partial charge in [0.1, 0.15) is 0 Å². The van der Waals surface area contributed by atoms with Crippen molar-refractivity contribution < 1.29 is 31.5 Å². The van der Waals surface area contributed by atoms with Crippen LogP contribution in [0.1, 0.15) is 30.5 Å². The number of carbonyl (C=O) groups excluding carboxylic acids is 1. The van der Waals surface area contributed by atoms with Gasteiger partial charge < -0.3 is 10.4 Å². The molecule has 5 nitrogen and oxygen atoms in total. The predicted octanol–water partition coefficient (Wildman–Crippen LogP) is 3.74. The van der Waals surface area contributed by atoms with Crippen molar-refractivity contribution in [3.63, 3.8) is 0 Å². The summed E-state index contributed by atoms with van der Waals surface area (Å²) in [6.07, 6.45) is -4.87. The van der Waals surface area contributed by atoms with Gasteiger partial charge in [-0.2, -0.15) is 13.2 Å². The number of nitrogens with one attached hydrogen (secondary N) is 1. The molecule has 2 aromatic carbocycles. The number of amides is 1. The van der Waals surface area contributed by atoms with E-state index in [1.54, 1.807) is 19.1 Å². The van der Waals surface area contributed by atoms with Crippen molar-refractivity contribution in [1.29, 1.82) is 0 Å². The Kier molecular flexibility index (Phi) is 6.44. The third kappa shape index (κ3) is 5.16. The smallest absolute Gasteiger partial charge is 0.376 e. The van der Waals surface area contributed by atoms with E-state index in [0.717, 1.165) is 6.07 Å². The van der Waals surface area contributed by atoms with E-state index in [4.69, 9.17) is 0 Å². The molecule has 1 atom stereocenters. The first-order valence-corrected chi connectivity index (χ1v) is 10.4. The molecule has 0 spiro atoms. The predicted molar refractivity (Wildman–Crippen MR) is 103 cm³/mol. The van der Waals surface area contributed by atoms with E-state index in [1.165, 1.54) is 31.2 Å². The van der Waals surface area contributed by atoms with E-state index in [0.29, 0.717) is 23.7 Å². The second kappa shape index (κ2) is 8.16. The number of halogens is 3. The Balaban J connectivity index is 2.12. The molecule has 1 unspecified atom stereocenters. The summed E-state index contributed by atoms with van der Waals surface area (Å²) in [7, 11) is -3.33. The standard InChI is InChI=1S/C20H22F3NO4S/c1-4-29(27,28)16-8-5-14(6-9-16)12-18(25)24-17-10-7-15(11-13(17)2)19(3,26)20(21,22)23/h5-11,26H,4,12H2,1-3H3,(H,24,25). The summed E-state index contributed by atoms with van der Waals surface area (Å²) in [5, 5.41) is 12.4. The van der Waals surface area contributed by atoms with E-state index in [2.05, 4.69) is 5.32 Å². The lowest BCUT2D eigenvalue weighted by atomic mass is 9.93. The highest BCUT2D eigenvalue weighted by molar-refractivity contribution is 7.91. The van der Waals surface area contributed by atoms with Gasteiger partial charge in [0, 0.05) is 5.69 Å². The van der Waals surface area contributed by atoms with Crippen molar-refractivity contribution in [2.24, 2.45) is 0 Å². The first-order valence-electron chi connectivity index (χ1n) is 8.79. The van der Waals surface area contributed by atoms with Gasteiger partial charge in [-0.15, -0.1) is 0 Å². The van der Waals surface area contributed by atoms with Crippen molar-refractivity contribution in [1.82, 2.24) is 0 Å². The second-order valence-electron chi connectivity index (χ2n) is 6.87. The number of anilines is 1. The zero-order chi connectivity index (χ0) is 22.0. The van der Waals surface area contributed by atoms with Gasteiger partial charge in [-0.1, -0.05) is 31.2 Å². The van der Waals surface area contributed by atoms with Crippen LogP contribution in [0.5, 0.6) is 0 Å². The molecule has 2 rings (SSSR count). The summed E-state index contributed by atoms with van der Waals surface area (Å²) >= 11 is 0. The number of sulfone groups is 1. The zero-order valence-corrected chi connectivity index (χ0v) is 17.0. The number of alkyl halides is 3. The number of hydrogen-bond donors (Lipinski definition) is 2. The Labute approximate surface area is 167 Å². The van der Waals surface area contributed by atoms with Gasteiger partial charge in [-0.25, -0.2) is 8.42 Å². The molecular formula is C20H22F3NO4S. The number of aliphatic hydroxyl groups is 1. The van der Waals surface area contributed by atoms with Crippen LogP contribution < -0.4 is 5.32 Å². The first-order chi connectivity index (χ1) is 13.3. The maximum absolute atomic E-state index is 13.0. The third-order valence-electron chi connectivity index (χ3n) is 4.64. The highest BCUT2D eigenvalue weighted by Crippen LogP contribution is 2.39. The molecule has 0 aliphatic rings. The van der Waals surface area contributed by atoms with Crippen molar-refractivity contribution >= 4 is 21.4 Å². The summed E-state index contributed by atoms with van der Waals surface area (Å²) in [4.78, 5) is 12.4. The molecule has 158 valence electrons. The van der Waals surface area contributed by atoms with Crippen LogP contribution in [0.2, 0.25) is 0 Å². The average molecular weight is 429 g/mol. The molecule has 2 aromatic rings. The van der Waals surface area contributed by atoms with Gasteiger partial charge in [-0.3, -0.25) is 4.79 Å². The highest BCUT2D eigenvalue weighted by Gasteiger charge is 2.51. The molecule has 0 fully saturated rings. The molecule has 0 aliphatic carbocycles. The fraction of sp³-hybridized carbons (Fsp3) is 0.350. The lowest BCUT2D eigenvalue weighted by Gasteiger charge is -2.27. The van der Waals surface area contributed by atoms with Crippen molar-refractivity contribution in [2.75, 3.05) is 11.1 Å². The average Bonchev–Trinajstić information content (AvgIpc) is 2.62. The summed E-state index contributed by atoms with van der Waals surface area (Å²) in [5.41, 5.74) is -2.05. The fourth-order valence-electron chi connectivity index (χ4n) is 2.63. The van der Waals surface area contributed by atoms with Crippen LogP contribution in [0, 0.1) is 6.92 Å². The Morgan fingerprint density at radius 1 is 1.10 bits per heavy atom. The monoisotopic (exact) mass is 429 g/mol. The number of benzene rings is 2. The topological polar surface area (TPSA) is 83.5 Å². The molecule has 0 saturated heterocycles. The number of carbonyl (C=O) groups is 1. The first kappa shape index (κ1) is 22.9. The van der Waals surface area contributed by atoms with Crippen LogP contribution in [0.15, 0.2) is 47.4 Å². The molecule has 0 aromatic heterocycles. The molecule has 29 heavy (non-hydrogen) atoms. The van der Waals surface area contributed by atoms with Gasteiger partial charge in [-0.05, 0) is 48.7 Å². The minimum absolute atomic E-state index is 0.0245. The molecule has 0 radical (unpaired) electrons. The largest absolute Gasteiger partial charge is 0.421 e. The molecule has 2 N–H and O–H groups in total. The maximum Gasteiger partial charge on any atom is 0.421 e. The lowest BCUT2D eigenvalue weighted by molar-refractivity contribution is -0.258. The van der Waals surface area contributed by atoms with E-state index in [1.807, 2.05) is 0 Å². The van der Waals surface area contributed by atoms with Gasteiger partial charge in [0.2, 0.25) is 5.91 Å². The number of aryl methyl sites for hydroxylation is 1. The fourth-order valence-corrected chi connectivity index (χ4v) is 3.52. The molecule has 0 saturated carbocycles. The minimum Gasteiger partial charge on any atom is -0.376 e. The molecule has 0 aliphatic heterocycles. The number of hydrogen-bond acceptors (Lipinski definition) is 4. The van der Waals surface area contributed by atoms with Crippen molar-refractivity contribution in [3.05, 3.63) is 59.2 Å². The van der Waals surface area contributed by atoms with Crippen molar-refractivity contribution in [3.8, 4) is 0 Å². The van der Waals surface area contributed by atoms with Crippen molar-refractivity contribution in [2.45, 2.75) is 43.9 Å².